The van der Waals surface area contributed by atoms with Crippen LogP contribution >= 0.6 is 0 Å². The molecule has 3 nitrogen and oxygen atoms in total. The molecule has 1 aromatic carbocycles. The average Bonchev–Trinajstić information content (AvgIpc) is 2.75. The highest BCUT2D eigenvalue weighted by Crippen LogP contribution is 2.34. The number of hydrogen-bond donors (Lipinski definition) is 0. The van der Waals surface area contributed by atoms with E-state index in [1.165, 1.54) is 14.2 Å². The summed E-state index contributed by atoms with van der Waals surface area (Å²) in [6, 6.07) is 0. The molecule has 0 saturated carbocycles. The lowest BCUT2D eigenvalue weighted by atomic mass is 9.90. The van der Waals surface area contributed by atoms with Crippen LogP contribution in [0.2, 0.25) is 0 Å². The maximum Gasteiger partial charge on any atom is 0.285 e. The molecule has 1 rings (SSSR count). The lowest BCUT2D eigenvalue weighted by molar-refractivity contribution is -0.388. The van der Waals surface area contributed by atoms with Crippen molar-refractivity contribution in [2.75, 3.05) is 20.8 Å². The molecule has 0 spiro atoms. The van der Waals surface area contributed by atoms with Crippen molar-refractivity contribution in [3.05, 3.63) is 34.6 Å². The highest BCUT2D eigenvalue weighted by Gasteiger charge is 2.40. The van der Waals surface area contributed by atoms with E-state index in [1.54, 1.807) is 6.92 Å². The van der Waals surface area contributed by atoms with Gasteiger partial charge in [0.25, 0.3) is 5.97 Å². The third-order valence-corrected chi connectivity index (χ3v) is 5.36. The van der Waals surface area contributed by atoms with Crippen LogP contribution in [0.3, 0.4) is 0 Å². The van der Waals surface area contributed by atoms with Crippen molar-refractivity contribution in [2.24, 2.45) is 5.92 Å². The van der Waals surface area contributed by atoms with E-state index in [1.807, 2.05) is 0 Å². The Balaban J connectivity index is 3.00. The summed E-state index contributed by atoms with van der Waals surface area (Å²) in [5, 5.41) is 0. The average molecular weight is 440 g/mol. The van der Waals surface area contributed by atoms with Crippen LogP contribution < -0.4 is 0 Å². The van der Waals surface area contributed by atoms with E-state index in [2.05, 4.69) is 6.92 Å². The summed E-state index contributed by atoms with van der Waals surface area (Å²) in [6.07, 6.45) is 6.47. The smallest absolute Gasteiger partial charge is 0.285 e. The molecule has 0 bridgehead atoms. The topological polar surface area (TPSA) is 27.7 Å². The first-order valence-electron chi connectivity index (χ1n) is 10.5. The summed E-state index contributed by atoms with van der Waals surface area (Å²) in [7, 11) is 2.79. The Kier molecular flexibility index (Phi) is 11.8. The first-order valence-corrected chi connectivity index (χ1v) is 10.5. The Morgan fingerprint density at radius 2 is 1.20 bits per heavy atom. The Hall–Kier alpha value is -1.25. The molecule has 30 heavy (non-hydrogen) atoms. The van der Waals surface area contributed by atoms with E-state index in [0.717, 1.165) is 38.5 Å². The van der Waals surface area contributed by atoms with Crippen LogP contribution in [-0.2, 0) is 20.6 Å². The zero-order valence-corrected chi connectivity index (χ0v) is 18.3. The second-order valence-electron chi connectivity index (χ2n) is 7.29. The van der Waals surface area contributed by atoms with Gasteiger partial charge in [0.05, 0.1) is 0 Å². The number of benzene rings is 1. The molecule has 0 amide bonds. The fourth-order valence-corrected chi connectivity index (χ4v) is 3.71. The molecule has 0 heterocycles. The number of hydrogen-bond acceptors (Lipinski definition) is 3. The fraction of sp³-hybridized carbons (Fsp3) is 0.727. The van der Waals surface area contributed by atoms with Crippen molar-refractivity contribution >= 4 is 0 Å². The SMILES string of the molecule is CCCCCCCCC(CCc1c(F)c(F)c(F)c(F)c1F)C(OC)(OC)OCC. The van der Waals surface area contributed by atoms with Crippen molar-refractivity contribution in [3.8, 4) is 0 Å². The van der Waals surface area contributed by atoms with Crippen LogP contribution in [0, 0.1) is 35.0 Å². The van der Waals surface area contributed by atoms with Crippen LogP contribution in [0.5, 0.6) is 0 Å². The fourth-order valence-electron chi connectivity index (χ4n) is 3.71. The van der Waals surface area contributed by atoms with Gasteiger partial charge in [-0.2, -0.15) is 0 Å². The van der Waals surface area contributed by atoms with Crippen LogP contribution in [0.15, 0.2) is 0 Å². The highest BCUT2D eigenvalue weighted by atomic mass is 19.2. The van der Waals surface area contributed by atoms with Crippen molar-refractivity contribution in [2.45, 2.75) is 77.6 Å². The minimum atomic E-state index is -2.16. The molecule has 0 radical (unpaired) electrons. The lowest BCUT2D eigenvalue weighted by Gasteiger charge is -2.37. The lowest BCUT2D eigenvalue weighted by Crippen LogP contribution is -2.45. The van der Waals surface area contributed by atoms with Gasteiger partial charge in [0.1, 0.15) is 0 Å². The largest absolute Gasteiger partial charge is 0.331 e. The maximum atomic E-state index is 14.1. The summed E-state index contributed by atoms with van der Waals surface area (Å²) in [5.41, 5.74) is -0.836. The molecule has 0 fully saturated rings. The zero-order chi connectivity index (χ0) is 22.7. The van der Waals surface area contributed by atoms with Crippen molar-refractivity contribution in [3.63, 3.8) is 0 Å². The molecule has 1 aromatic rings. The molecule has 0 aromatic heterocycles. The van der Waals surface area contributed by atoms with E-state index >= 15 is 0 Å². The van der Waals surface area contributed by atoms with E-state index in [-0.39, 0.29) is 19.4 Å². The molecule has 174 valence electrons. The number of halogens is 5. The monoisotopic (exact) mass is 440 g/mol. The Labute approximate surface area is 175 Å². The third-order valence-electron chi connectivity index (χ3n) is 5.36. The molecule has 8 heteroatoms. The van der Waals surface area contributed by atoms with Gasteiger partial charge < -0.3 is 14.2 Å². The van der Waals surface area contributed by atoms with Crippen LogP contribution in [-0.4, -0.2) is 26.8 Å². The third kappa shape index (κ3) is 6.62. The van der Waals surface area contributed by atoms with E-state index in [0.29, 0.717) is 6.42 Å². The van der Waals surface area contributed by atoms with Crippen LogP contribution in [0.25, 0.3) is 0 Å². The molecular formula is C22H33F5O3. The van der Waals surface area contributed by atoms with Crippen LogP contribution in [0.4, 0.5) is 22.0 Å². The van der Waals surface area contributed by atoms with Crippen LogP contribution in [0.1, 0.15) is 70.8 Å². The van der Waals surface area contributed by atoms with E-state index in [9.17, 15) is 22.0 Å². The summed E-state index contributed by atoms with van der Waals surface area (Å²) in [6.45, 7) is 4.14. The second kappa shape index (κ2) is 13.2. The summed E-state index contributed by atoms with van der Waals surface area (Å²) >= 11 is 0. The molecule has 0 aliphatic heterocycles. The molecule has 1 atom stereocenters. The Bertz CT molecular complexity index is 621. The van der Waals surface area contributed by atoms with Crippen molar-refractivity contribution in [1.82, 2.24) is 0 Å². The molecular weight excluding hydrogens is 407 g/mol. The summed E-state index contributed by atoms with van der Waals surface area (Å²) in [5.74, 6) is -11.6. The van der Waals surface area contributed by atoms with E-state index in [4.69, 9.17) is 14.2 Å². The van der Waals surface area contributed by atoms with Gasteiger partial charge in [0, 0.05) is 32.3 Å². The molecule has 0 N–H and O–H groups in total. The predicted octanol–water partition coefficient (Wildman–Crippen LogP) is 6.66. The van der Waals surface area contributed by atoms with Gasteiger partial charge in [-0.1, -0.05) is 45.4 Å². The predicted molar refractivity (Wildman–Crippen MR) is 104 cm³/mol. The standard InChI is InChI=1S/C22H33F5O3/c1-5-7-8-9-10-11-12-15(22(28-3,29-4)30-6-2)13-14-16-17(23)19(25)21(27)20(26)18(16)24/h15H,5-14H2,1-4H3. The van der Waals surface area contributed by atoms with E-state index < -0.39 is 46.5 Å². The van der Waals surface area contributed by atoms with Gasteiger partial charge in [0.15, 0.2) is 23.3 Å². The van der Waals surface area contributed by atoms with Gasteiger partial charge in [-0.25, -0.2) is 22.0 Å². The number of ether oxygens (including phenoxy) is 3. The number of methoxy groups -OCH3 is 2. The Morgan fingerprint density at radius 3 is 1.70 bits per heavy atom. The minimum Gasteiger partial charge on any atom is -0.331 e. The van der Waals surface area contributed by atoms with Gasteiger partial charge in [0.2, 0.25) is 5.82 Å². The molecule has 0 aliphatic carbocycles. The normalized spacial score (nSPS) is 13.1. The molecule has 1 unspecified atom stereocenters. The van der Waals surface area contributed by atoms with Gasteiger partial charge in [-0.05, 0) is 26.2 Å². The summed E-state index contributed by atoms with van der Waals surface area (Å²) in [4.78, 5) is 0. The summed E-state index contributed by atoms with van der Waals surface area (Å²) < 4.78 is 85.1. The molecule has 0 saturated heterocycles. The quantitative estimate of drug-likeness (QED) is 0.100. The first kappa shape index (κ1) is 26.8. The van der Waals surface area contributed by atoms with Crippen molar-refractivity contribution < 1.29 is 36.2 Å². The van der Waals surface area contributed by atoms with Crippen molar-refractivity contribution in [1.29, 1.82) is 0 Å². The van der Waals surface area contributed by atoms with Gasteiger partial charge in [-0.15, -0.1) is 0 Å². The number of rotatable bonds is 15. The van der Waals surface area contributed by atoms with Gasteiger partial charge in [-0.3, -0.25) is 0 Å². The maximum absolute atomic E-state index is 14.1. The zero-order valence-electron chi connectivity index (χ0n) is 18.3. The number of unbranched alkanes of at least 4 members (excludes halogenated alkanes) is 5. The minimum absolute atomic E-state index is 0.0645. The molecule has 0 aliphatic rings. The highest BCUT2D eigenvalue weighted by molar-refractivity contribution is 5.24. The Morgan fingerprint density at radius 1 is 0.700 bits per heavy atom. The first-order chi connectivity index (χ1) is 14.3. The van der Waals surface area contributed by atoms with Gasteiger partial charge >= 0.3 is 0 Å². The second-order valence-corrected chi connectivity index (χ2v) is 7.29.